The van der Waals surface area contributed by atoms with Crippen LogP contribution < -0.4 is 15.4 Å². The van der Waals surface area contributed by atoms with Crippen molar-refractivity contribution >= 4 is 23.3 Å². The molecular weight excluding hydrogens is 506 g/mol. The minimum Gasteiger partial charge on any atom is -0.494 e. The van der Waals surface area contributed by atoms with Crippen molar-refractivity contribution in [3.05, 3.63) is 65.7 Å². The van der Waals surface area contributed by atoms with E-state index >= 15 is 0 Å². The van der Waals surface area contributed by atoms with E-state index in [-0.39, 0.29) is 5.41 Å². The molecule has 208 valence electrons. The zero-order valence-electron chi connectivity index (χ0n) is 23.2. The van der Waals surface area contributed by atoms with E-state index in [1.807, 2.05) is 45.0 Å². The summed E-state index contributed by atoms with van der Waals surface area (Å²) in [4.78, 5) is 19.3. The average Bonchev–Trinajstić information content (AvgIpc) is 3.57. The molecule has 40 heavy (non-hydrogen) atoms. The predicted molar refractivity (Wildman–Crippen MR) is 154 cm³/mol. The summed E-state index contributed by atoms with van der Waals surface area (Å²) in [7, 11) is 0. The van der Waals surface area contributed by atoms with Crippen LogP contribution in [0, 0.1) is 11.8 Å². The van der Waals surface area contributed by atoms with Crippen LogP contribution in [-0.2, 0) is 5.41 Å². The quantitative estimate of drug-likeness (QED) is 0.241. The topological polar surface area (TPSA) is 110 Å². The number of amides is 2. The van der Waals surface area contributed by atoms with Gasteiger partial charge in [-0.2, -0.15) is 0 Å². The van der Waals surface area contributed by atoms with Crippen molar-refractivity contribution in [3.8, 4) is 17.6 Å². The molecule has 4 aromatic rings. The second kappa shape index (κ2) is 12.2. The van der Waals surface area contributed by atoms with Crippen molar-refractivity contribution in [1.82, 2.24) is 24.7 Å². The highest BCUT2D eigenvalue weighted by Crippen LogP contribution is 2.24. The monoisotopic (exact) mass is 541 g/mol. The number of aromatic nitrogens is 4. The number of benzene rings is 1. The van der Waals surface area contributed by atoms with Gasteiger partial charge in [0.1, 0.15) is 11.5 Å². The molecule has 3 aromatic heterocycles. The predicted octanol–water partition coefficient (Wildman–Crippen LogP) is 5.31. The fourth-order valence-corrected chi connectivity index (χ4v) is 4.39. The normalized spacial score (nSPS) is 14.0. The van der Waals surface area contributed by atoms with Gasteiger partial charge in [-0.15, -0.1) is 5.10 Å². The number of rotatable bonds is 7. The molecule has 0 unspecified atom stereocenters. The maximum atomic E-state index is 12.4. The number of anilines is 2. The Bertz CT molecular complexity index is 1500. The van der Waals surface area contributed by atoms with E-state index < -0.39 is 6.03 Å². The highest BCUT2D eigenvalue weighted by molar-refractivity contribution is 5.98. The van der Waals surface area contributed by atoms with Gasteiger partial charge in [0.25, 0.3) is 0 Å². The maximum Gasteiger partial charge on any atom is 0.326 e. The lowest BCUT2D eigenvalue weighted by Gasteiger charge is -2.26. The third-order valence-corrected chi connectivity index (χ3v) is 6.59. The average molecular weight is 542 g/mol. The number of likely N-dealkylation sites (tertiary alicyclic amines) is 1. The summed E-state index contributed by atoms with van der Waals surface area (Å²) in [6, 6.07) is 10.7. The summed E-state index contributed by atoms with van der Waals surface area (Å²) < 4.78 is 12.8. The molecule has 0 radical (unpaired) electrons. The molecule has 5 rings (SSSR count). The van der Waals surface area contributed by atoms with Gasteiger partial charge < -0.3 is 14.2 Å². The Kier molecular flexibility index (Phi) is 8.31. The first kappa shape index (κ1) is 27.2. The van der Waals surface area contributed by atoms with Crippen LogP contribution in [0.4, 0.5) is 16.4 Å². The molecule has 0 spiro atoms. The van der Waals surface area contributed by atoms with Crippen LogP contribution in [0.2, 0.25) is 0 Å². The van der Waals surface area contributed by atoms with E-state index in [2.05, 4.69) is 42.6 Å². The summed E-state index contributed by atoms with van der Waals surface area (Å²) in [5, 5.41) is 13.6. The molecule has 1 aliphatic rings. The standard InChI is InChI=1S/C30H35N7O3/c1-30(2,3)25-18-27(35-40-25)33-29(38)32-26-19-28-31-20-23(21-37(28)34-26)9-8-22-10-12-24(13-11-22)39-17-7-16-36-14-5-4-6-15-36/h10-13,18-21H,4-7,14-17H2,1-3H3,(H2,32,33,34,35,38). The van der Waals surface area contributed by atoms with Crippen LogP contribution in [0.25, 0.3) is 5.65 Å². The Morgan fingerprint density at radius 2 is 1.77 bits per heavy atom. The Morgan fingerprint density at radius 3 is 2.52 bits per heavy atom. The van der Waals surface area contributed by atoms with Gasteiger partial charge in [-0.05, 0) is 56.6 Å². The summed E-state index contributed by atoms with van der Waals surface area (Å²) >= 11 is 0. The first-order chi connectivity index (χ1) is 19.3. The molecule has 10 nitrogen and oxygen atoms in total. The van der Waals surface area contributed by atoms with Crippen LogP contribution in [0.3, 0.4) is 0 Å². The minimum absolute atomic E-state index is 0.207. The van der Waals surface area contributed by atoms with Gasteiger partial charge in [0.2, 0.25) is 0 Å². The Hall–Kier alpha value is -4.36. The molecule has 2 amide bonds. The first-order valence-corrected chi connectivity index (χ1v) is 13.7. The van der Waals surface area contributed by atoms with Crippen molar-refractivity contribution in [1.29, 1.82) is 0 Å². The number of ether oxygens (including phenoxy) is 1. The minimum atomic E-state index is -0.480. The van der Waals surface area contributed by atoms with Crippen molar-refractivity contribution in [2.45, 2.75) is 51.9 Å². The van der Waals surface area contributed by atoms with E-state index in [0.29, 0.717) is 35.2 Å². The number of carbonyl (C=O) groups is 1. The zero-order valence-corrected chi connectivity index (χ0v) is 23.2. The van der Waals surface area contributed by atoms with Crippen LogP contribution in [0.15, 0.2) is 53.3 Å². The second-order valence-corrected chi connectivity index (χ2v) is 11.0. The fourth-order valence-electron chi connectivity index (χ4n) is 4.39. The van der Waals surface area contributed by atoms with Crippen LogP contribution in [0.1, 0.15) is 63.3 Å². The van der Waals surface area contributed by atoms with Crippen molar-refractivity contribution in [2.75, 3.05) is 36.9 Å². The first-order valence-electron chi connectivity index (χ1n) is 13.7. The van der Waals surface area contributed by atoms with E-state index in [9.17, 15) is 4.79 Å². The summed E-state index contributed by atoms with van der Waals surface area (Å²) in [6.07, 6.45) is 8.47. The van der Waals surface area contributed by atoms with Crippen LogP contribution in [-0.4, -0.2) is 56.9 Å². The SMILES string of the molecule is CC(C)(C)c1cc(NC(=O)Nc2cc3ncc(C#Cc4ccc(OCCCN5CCCCC5)cc4)cn3n2)no1. The maximum absolute atomic E-state index is 12.4. The van der Waals surface area contributed by atoms with Crippen LogP contribution >= 0.6 is 0 Å². The van der Waals surface area contributed by atoms with E-state index in [0.717, 1.165) is 24.3 Å². The van der Waals surface area contributed by atoms with Gasteiger partial charge in [0.05, 0.1) is 12.2 Å². The Morgan fingerprint density at radius 1 is 1.02 bits per heavy atom. The third-order valence-electron chi connectivity index (χ3n) is 6.59. The third kappa shape index (κ3) is 7.39. The van der Waals surface area contributed by atoms with E-state index in [1.54, 1.807) is 29.0 Å². The molecular formula is C30H35N7O3. The molecule has 1 saturated heterocycles. The number of nitrogens with one attached hydrogen (secondary N) is 2. The lowest BCUT2D eigenvalue weighted by atomic mass is 9.93. The number of hydrogen-bond donors (Lipinski definition) is 2. The highest BCUT2D eigenvalue weighted by atomic mass is 16.5. The number of hydrogen-bond acceptors (Lipinski definition) is 7. The van der Waals surface area contributed by atoms with Crippen molar-refractivity contribution in [2.24, 2.45) is 0 Å². The smallest absolute Gasteiger partial charge is 0.326 e. The van der Waals surface area contributed by atoms with Crippen molar-refractivity contribution in [3.63, 3.8) is 0 Å². The van der Waals surface area contributed by atoms with Crippen molar-refractivity contribution < 1.29 is 14.1 Å². The molecule has 1 fully saturated rings. The second-order valence-electron chi connectivity index (χ2n) is 11.0. The molecule has 4 heterocycles. The van der Waals surface area contributed by atoms with Gasteiger partial charge >= 0.3 is 6.03 Å². The number of nitrogens with zero attached hydrogens (tertiary/aromatic N) is 5. The molecule has 0 bridgehead atoms. The van der Waals surface area contributed by atoms with Gasteiger partial charge in [-0.25, -0.2) is 14.3 Å². The Balaban J connectivity index is 1.13. The van der Waals surface area contributed by atoms with E-state index in [4.69, 9.17) is 9.26 Å². The molecule has 0 atom stereocenters. The van der Waals surface area contributed by atoms with Gasteiger partial charge in [0.15, 0.2) is 17.3 Å². The fraction of sp³-hybridized carbons (Fsp3) is 0.400. The lowest BCUT2D eigenvalue weighted by Crippen LogP contribution is -2.31. The number of fused-ring (bicyclic) bond motifs is 1. The molecule has 1 aliphatic heterocycles. The van der Waals surface area contributed by atoms with Gasteiger partial charge in [-0.3, -0.25) is 10.6 Å². The highest BCUT2D eigenvalue weighted by Gasteiger charge is 2.20. The number of carbonyl (C=O) groups excluding carboxylic acids is 1. The number of piperidine rings is 1. The molecule has 2 N–H and O–H groups in total. The molecule has 1 aromatic carbocycles. The summed E-state index contributed by atoms with van der Waals surface area (Å²) in [5.74, 6) is 8.48. The zero-order chi connectivity index (χ0) is 28.0. The summed E-state index contributed by atoms with van der Waals surface area (Å²) in [5.41, 5.74) is 1.95. The van der Waals surface area contributed by atoms with Gasteiger partial charge in [-0.1, -0.05) is 44.2 Å². The van der Waals surface area contributed by atoms with Crippen LogP contribution in [0.5, 0.6) is 5.75 Å². The molecule has 0 aliphatic carbocycles. The molecule has 10 heteroatoms. The lowest BCUT2D eigenvalue weighted by molar-refractivity contribution is 0.205. The van der Waals surface area contributed by atoms with Gasteiger partial charge in [0, 0.05) is 42.0 Å². The molecule has 0 saturated carbocycles. The van der Waals surface area contributed by atoms with E-state index in [1.165, 1.54) is 32.4 Å². The largest absolute Gasteiger partial charge is 0.494 e. The number of urea groups is 1. The Labute approximate surface area is 234 Å². The summed E-state index contributed by atoms with van der Waals surface area (Å²) in [6.45, 7) is 10.3.